The first-order valence-electron chi connectivity index (χ1n) is 9.45. The second kappa shape index (κ2) is 8.97. The fraction of sp³-hybridized carbons (Fsp3) is 0.600. The van der Waals surface area contributed by atoms with Gasteiger partial charge in [0, 0.05) is 25.2 Å². The van der Waals surface area contributed by atoms with Crippen molar-refractivity contribution in [3.8, 4) is 5.75 Å². The summed E-state index contributed by atoms with van der Waals surface area (Å²) in [6, 6.07) is 6.92. The Bertz CT molecular complexity index is 632. The Morgan fingerprint density at radius 2 is 1.81 bits per heavy atom. The van der Waals surface area contributed by atoms with Gasteiger partial charge in [0.2, 0.25) is 0 Å². The molecule has 1 fully saturated rings. The number of rotatable bonds is 4. The molecule has 27 heavy (non-hydrogen) atoms. The van der Waals surface area contributed by atoms with E-state index in [9.17, 15) is 14.7 Å². The predicted molar refractivity (Wildman–Crippen MR) is 104 cm³/mol. The lowest BCUT2D eigenvalue weighted by Crippen LogP contribution is -2.51. The third-order valence-corrected chi connectivity index (χ3v) is 4.35. The first-order valence-corrected chi connectivity index (χ1v) is 9.45. The number of phenolic OH excluding ortho intramolecular Hbond substituents is 1. The number of benzene rings is 1. The van der Waals surface area contributed by atoms with Crippen LogP contribution in [-0.4, -0.2) is 52.9 Å². The molecular weight excluding hydrogens is 346 g/mol. The minimum Gasteiger partial charge on any atom is -0.508 e. The number of carbonyl (C=O) groups is 2. The molecule has 1 saturated heterocycles. The molecule has 150 valence electrons. The molecule has 3 amide bonds. The van der Waals surface area contributed by atoms with Crippen LogP contribution in [0.1, 0.15) is 46.1 Å². The number of alkyl carbamates (subject to hydrolysis) is 1. The standard InChI is InChI=1S/C20H31N3O4/c1-14(13-15-5-7-17(24)8-6-15)21-18(25)23-11-9-16(10-12-23)22-19(26)27-20(2,3)4/h5-8,14,16,24H,9-13H2,1-4H3,(H,21,25)(H,22,26). The topological polar surface area (TPSA) is 90.9 Å². The zero-order valence-electron chi connectivity index (χ0n) is 16.6. The summed E-state index contributed by atoms with van der Waals surface area (Å²) in [6.45, 7) is 8.65. The van der Waals surface area contributed by atoms with E-state index < -0.39 is 11.7 Å². The molecular formula is C20H31N3O4. The van der Waals surface area contributed by atoms with Gasteiger partial charge in [0.15, 0.2) is 0 Å². The number of nitrogens with one attached hydrogen (secondary N) is 2. The molecule has 7 heteroatoms. The van der Waals surface area contributed by atoms with Crippen molar-refractivity contribution in [1.29, 1.82) is 0 Å². The summed E-state index contributed by atoms with van der Waals surface area (Å²) in [5.41, 5.74) is 0.541. The van der Waals surface area contributed by atoms with Crippen molar-refractivity contribution >= 4 is 12.1 Å². The molecule has 1 heterocycles. The van der Waals surface area contributed by atoms with E-state index in [0.717, 1.165) is 5.56 Å². The van der Waals surface area contributed by atoms with Gasteiger partial charge >= 0.3 is 12.1 Å². The van der Waals surface area contributed by atoms with E-state index >= 15 is 0 Å². The molecule has 0 spiro atoms. The van der Waals surface area contributed by atoms with Crippen molar-refractivity contribution in [2.24, 2.45) is 0 Å². The second-order valence-electron chi connectivity index (χ2n) is 8.13. The number of likely N-dealkylation sites (tertiary alicyclic amines) is 1. The van der Waals surface area contributed by atoms with E-state index in [4.69, 9.17) is 4.74 Å². The van der Waals surface area contributed by atoms with Gasteiger partial charge in [-0.05, 0) is 64.7 Å². The smallest absolute Gasteiger partial charge is 0.407 e. The lowest BCUT2D eigenvalue weighted by molar-refractivity contribution is 0.0485. The Balaban J connectivity index is 1.72. The number of carbonyl (C=O) groups excluding carboxylic acids is 2. The third kappa shape index (κ3) is 7.37. The fourth-order valence-electron chi connectivity index (χ4n) is 3.04. The number of amides is 3. The number of hydrogen-bond acceptors (Lipinski definition) is 4. The van der Waals surface area contributed by atoms with Crippen molar-refractivity contribution in [3.05, 3.63) is 29.8 Å². The largest absolute Gasteiger partial charge is 0.508 e. The molecule has 1 aromatic rings. The molecule has 0 saturated carbocycles. The van der Waals surface area contributed by atoms with Gasteiger partial charge in [0.25, 0.3) is 0 Å². The maximum Gasteiger partial charge on any atom is 0.407 e. The van der Waals surface area contributed by atoms with Gasteiger partial charge in [-0.15, -0.1) is 0 Å². The number of piperidine rings is 1. The SMILES string of the molecule is CC(Cc1ccc(O)cc1)NC(=O)N1CCC(NC(=O)OC(C)(C)C)CC1. The maximum atomic E-state index is 12.4. The molecule has 0 radical (unpaired) electrons. The minimum absolute atomic E-state index is 0.0142. The van der Waals surface area contributed by atoms with Crippen LogP contribution in [0, 0.1) is 0 Å². The van der Waals surface area contributed by atoms with Crippen LogP contribution in [0.5, 0.6) is 5.75 Å². The molecule has 0 aliphatic carbocycles. The highest BCUT2D eigenvalue weighted by molar-refractivity contribution is 5.74. The van der Waals surface area contributed by atoms with E-state index in [1.807, 2.05) is 39.8 Å². The van der Waals surface area contributed by atoms with Crippen molar-refractivity contribution in [3.63, 3.8) is 0 Å². The van der Waals surface area contributed by atoms with Crippen LogP contribution in [0.2, 0.25) is 0 Å². The van der Waals surface area contributed by atoms with Crippen molar-refractivity contribution in [2.75, 3.05) is 13.1 Å². The number of urea groups is 1. The highest BCUT2D eigenvalue weighted by atomic mass is 16.6. The van der Waals surface area contributed by atoms with Crippen LogP contribution in [0.25, 0.3) is 0 Å². The Kier molecular flexibility index (Phi) is 6.93. The monoisotopic (exact) mass is 377 g/mol. The van der Waals surface area contributed by atoms with Crippen LogP contribution < -0.4 is 10.6 Å². The molecule has 1 aliphatic rings. The van der Waals surface area contributed by atoms with Crippen LogP contribution >= 0.6 is 0 Å². The van der Waals surface area contributed by atoms with Crippen LogP contribution in [0.4, 0.5) is 9.59 Å². The summed E-state index contributed by atoms with van der Waals surface area (Å²) in [5, 5.41) is 15.2. The third-order valence-electron chi connectivity index (χ3n) is 4.35. The summed E-state index contributed by atoms with van der Waals surface area (Å²) in [4.78, 5) is 26.1. The molecule has 2 rings (SSSR count). The normalized spacial score (nSPS) is 16.5. The van der Waals surface area contributed by atoms with Crippen molar-refractivity contribution < 1.29 is 19.4 Å². The van der Waals surface area contributed by atoms with Gasteiger partial charge in [-0.3, -0.25) is 0 Å². The Hall–Kier alpha value is -2.44. The number of ether oxygens (including phenoxy) is 1. The Labute approximate surface area is 161 Å². The summed E-state index contributed by atoms with van der Waals surface area (Å²) in [6.07, 6.45) is 1.70. The van der Waals surface area contributed by atoms with E-state index in [-0.39, 0.29) is 23.9 Å². The molecule has 1 unspecified atom stereocenters. The highest BCUT2D eigenvalue weighted by Gasteiger charge is 2.26. The van der Waals surface area contributed by atoms with Gasteiger partial charge in [0.1, 0.15) is 11.4 Å². The summed E-state index contributed by atoms with van der Waals surface area (Å²) in [7, 11) is 0. The van der Waals surface area contributed by atoms with Gasteiger partial charge in [0.05, 0.1) is 0 Å². The molecule has 1 aromatic carbocycles. The average molecular weight is 377 g/mol. The lowest BCUT2D eigenvalue weighted by Gasteiger charge is -2.33. The molecule has 1 atom stereocenters. The number of phenols is 1. The van der Waals surface area contributed by atoms with E-state index in [1.54, 1.807) is 17.0 Å². The lowest BCUT2D eigenvalue weighted by atomic mass is 10.1. The average Bonchev–Trinajstić information content (AvgIpc) is 2.55. The zero-order chi connectivity index (χ0) is 20.0. The second-order valence-corrected chi connectivity index (χ2v) is 8.13. The fourth-order valence-corrected chi connectivity index (χ4v) is 3.04. The number of aromatic hydroxyl groups is 1. The molecule has 0 bridgehead atoms. The van der Waals surface area contributed by atoms with Gasteiger partial charge in [-0.25, -0.2) is 9.59 Å². The zero-order valence-corrected chi connectivity index (χ0v) is 16.6. The van der Waals surface area contributed by atoms with E-state index in [0.29, 0.717) is 32.4 Å². The van der Waals surface area contributed by atoms with Gasteiger partial charge in [-0.2, -0.15) is 0 Å². The van der Waals surface area contributed by atoms with Crippen molar-refractivity contribution in [2.45, 2.75) is 64.6 Å². The first-order chi connectivity index (χ1) is 12.6. The summed E-state index contributed by atoms with van der Waals surface area (Å²) < 4.78 is 5.27. The summed E-state index contributed by atoms with van der Waals surface area (Å²) >= 11 is 0. The molecule has 3 N–H and O–H groups in total. The van der Waals surface area contributed by atoms with Crippen molar-refractivity contribution in [1.82, 2.24) is 15.5 Å². The van der Waals surface area contributed by atoms with Crippen LogP contribution in [-0.2, 0) is 11.2 Å². The highest BCUT2D eigenvalue weighted by Crippen LogP contribution is 2.14. The minimum atomic E-state index is -0.516. The van der Waals surface area contributed by atoms with Crippen LogP contribution in [0.15, 0.2) is 24.3 Å². The predicted octanol–water partition coefficient (Wildman–Crippen LogP) is 3.02. The van der Waals surface area contributed by atoms with Gasteiger partial charge in [-0.1, -0.05) is 12.1 Å². The molecule has 1 aliphatic heterocycles. The van der Waals surface area contributed by atoms with E-state index in [1.165, 1.54) is 0 Å². The molecule has 7 nitrogen and oxygen atoms in total. The maximum absolute atomic E-state index is 12.4. The van der Waals surface area contributed by atoms with E-state index in [2.05, 4.69) is 10.6 Å². The van der Waals surface area contributed by atoms with Crippen LogP contribution in [0.3, 0.4) is 0 Å². The number of hydrogen-bond donors (Lipinski definition) is 3. The molecule has 0 aromatic heterocycles. The Morgan fingerprint density at radius 3 is 2.37 bits per heavy atom. The first kappa shape index (κ1) is 20.9. The number of nitrogens with zero attached hydrogens (tertiary/aromatic N) is 1. The Morgan fingerprint density at radius 1 is 1.22 bits per heavy atom. The quantitative estimate of drug-likeness (QED) is 0.752. The van der Waals surface area contributed by atoms with Gasteiger partial charge < -0.3 is 25.4 Å². The summed E-state index contributed by atoms with van der Waals surface area (Å²) in [5.74, 6) is 0.235.